The molecule has 2 heterocycles. The molecule has 4 nitrogen and oxygen atoms in total. The first kappa shape index (κ1) is 14.4. The summed E-state index contributed by atoms with van der Waals surface area (Å²) < 4.78 is 11.7. The van der Waals surface area contributed by atoms with Gasteiger partial charge in [0, 0.05) is 24.1 Å². The molecular weight excluding hydrogens is 284 g/mol. The molecule has 1 fully saturated rings. The summed E-state index contributed by atoms with van der Waals surface area (Å²) >= 11 is 5.58. The number of thiocarbonyl (C=S) groups is 1. The average molecular weight is 306 g/mol. The average Bonchev–Trinajstić information content (AvgIpc) is 2.45. The normalized spacial score (nSPS) is 28.3. The van der Waals surface area contributed by atoms with Crippen molar-refractivity contribution in [1.82, 2.24) is 10.2 Å². The third-order valence-corrected chi connectivity index (χ3v) is 4.88. The zero-order valence-corrected chi connectivity index (χ0v) is 13.8. The summed E-state index contributed by atoms with van der Waals surface area (Å²) in [5.74, 6) is 1.70. The Morgan fingerprint density at radius 3 is 3.00 bits per heavy atom. The van der Waals surface area contributed by atoms with Gasteiger partial charge in [0.1, 0.15) is 11.5 Å². The minimum atomic E-state index is -0.401. The van der Waals surface area contributed by atoms with Gasteiger partial charge < -0.3 is 19.7 Å². The van der Waals surface area contributed by atoms with Gasteiger partial charge in [-0.3, -0.25) is 0 Å². The Bertz CT molecular complexity index is 577. The molecule has 21 heavy (non-hydrogen) atoms. The van der Waals surface area contributed by atoms with Crippen LogP contribution in [0.25, 0.3) is 0 Å². The van der Waals surface area contributed by atoms with Crippen LogP contribution >= 0.6 is 12.2 Å². The number of hydrogen-bond acceptors (Lipinski definition) is 3. The summed E-state index contributed by atoms with van der Waals surface area (Å²) in [6.45, 7) is 6.48. The zero-order chi connectivity index (χ0) is 15.2. The second kappa shape index (κ2) is 5.05. The largest absolute Gasteiger partial charge is 0.497 e. The zero-order valence-electron chi connectivity index (χ0n) is 13.0. The monoisotopic (exact) mass is 306 g/mol. The van der Waals surface area contributed by atoms with E-state index in [2.05, 4.69) is 37.1 Å². The van der Waals surface area contributed by atoms with Crippen molar-refractivity contribution in [3.63, 3.8) is 0 Å². The number of nitrogens with zero attached hydrogens (tertiary/aromatic N) is 1. The molecule has 3 unspecified atom stereocenters. The molecule has 5 heteroatoms. The van der Waals surface area contributed by atoms with Crippen molar-refractivity contribution in [1.29, 1.82) is 0 Å². The van der Waals surface area contributed by atoms with Crippen molar-refractivity contribution >= 4 is 17.3 Å². The number of fused-ring (bicyclic) bond motifs is 4. The molecular formula is C16H22N2O2S. The lowest BCUT2D eigenvalue weighted by Gasteiger charge is -2.54. The predicted molar refractivity (Wildman–Crippen MR) is 86.7 cm³/mol. The fraction of sp³-hybridized carbons (Fsp3) is 0.562. The fourth-order valence-electron chi connectivity index (χ4n) is 3.34. The lowest BCUT2D eigenvalue weighted by Crippen LogP contribution is -2.66. The number of methoxy groups -OCH3 is 1. The number of rotatable bonds is 3. The number of nitrogens with one attached hydrogen (secondary N) is 1. The van der Waals surface area contributed by atoms with Crippen LogP contribution in [0.2, 0.25) is 0 Å². The van der Waals surface area contributed by atoms with E-state index in [0.29, 0.717) is 6.04 Å². The first-order valence-corrected chi connectivity index (χ1v) is 7.86. The van der Waals surface area contributed by atoms with Gasteiger partial charge in [-0.2, -0.15) is 0 Å². The second-order valence-corrected chi connectivity index (χ2v) is 6.40. The maximum absolute atomic E-state index is 6.36. The van der Waals surface area contributed by atoms with Crippen LogP contribution in [0.15, 0.2) is 18.2 Å². The Morgan fingerprint density at radius 2 is 2.33 bits per heavy atom. The molecule has 0 aliphatic carbocycles. The summed E-state index contributed by atoms with van der Waals surface area (Å²) in [5.41, 5.74) is 0.751. The minimum absolute atomic E-state index is 0.206. The van der Waals surface area contributed by atoms with Crippen molar-refractivity contribution in [2.24, 2.45) is 0 Å². The predicted octanol–water partition coefficient (Wildman–Crippen LogP) is 3.22. The van der Waals surface area contributed by atoms with Gasteiger partial charge in [0.05, 0.1) is 13.2 Å². The van der Waals surface area contributed by atoms with E-state index >= 15 is 0 Å². The van der Waals surface area contributed by atoms with E-state index in [-0.39, 0.29) is 6.04 Å². The molecule has 0 radical (unpaired) electrons. The van der Waals surface area contributed by atoms with Crippen LogP contribution < -0.4 is 14.8 Å². The summed E-state index contributed by atoms with van der Waals surface area (Å²) in [4.78, 5) is 2.20. The molecule has 1 aromatic carbocycles. The van der Waals surface area contributed by atoms with E-state index in [1.807, 2.05) is 12.1 Å². The highest BCUT2D eigenvalue weighted by Gasteiger charge is 2.48. The van der Waals surface area contributed by atoms with Gasteiger partial charge in [0.2, 0.25) is 0 Å². The van der Waals surface area contributed by atoms with E-state index in [0.717, 1.165) is 35.0 Å². The van der Waals surface area contributed by atoms with Gasteiger partial charge in [-0.05, 0) is 44.6 Å². The van der Waals surface area contributed by atoms with Crippen LogP contribution in [0.3, 0.4) is 0 Å². The van der Waals surface area contributed by atoms with E-state index in [1.165, 1.54) is 0 Å². The Morgan fingerprint density at radius 1 is 1.57 bits per heavy atom. The Labute approximate surface area is 131 Å². The Balaban J connectivity index is 2.03. The molecule has 2 aliphatic heterocycles. The van der Waals surface area contributed by atoms with Crippen molar-refractivity contribution in [3.8, 4) is 11.5 Å². The smallest absolute Gasteiger partial charge is 0.184 e. The number of ether oxygens (including phenoxy) is 2. The highest BCUT2D eigenvalue weighted by Crippen LogP contribution is 2.45. The van der Waals surface area contributed by atoms with Gasteiger partial charge >= 0.3 is 0 Å². The summed E-state index contributed by atoms with van der Waals surface area (Å²) in [5, 5.41) is 4.25. The first-order valence-electron chi connectivity index (χ1n) is 7.45. The van der Waals surface area contributed by atoms with Crippen LogP contribution in [-0.4, -0.2) is 28.9 Å². The van der Waals surface area contributed by atoms with Crippen LogP contribution in [0.4, 0.5) is 0 Å². The summed E-state index contributed by atoms with van der Waals surface area (Å²) in [6.07, 6.45) is 1.91. The van der Waals surface area contributed by atoms with Crippen LogP contribution in [-0.2, 0) is 0 Å². The van der Waals surface area contributed by atoms with Gasteiger partial charge in [-0.15, -0.1) is 0 Å². The topological polar surface area (TPSA) is 33.7 Å². The Hall–Kier alpha value is -1.49. The Kier molecular flexibility index (Phi) is 3.48. The molecule has 3 atom stereocenters. The summed E-state index contributed by atoms with van der Waals surface area (Å²) in [7, 11) is 1.67. The molecule has 1 N–H and O–H groups in total. The number of benzene rings is 1. The van der Waals surface area contributed by atoms with Crippen LogP contribution in [0.1, 0.15) is 45.2 Å². The van der Waals surface area contributed by atoms with Gasteiger partial charge in [0.15, 0.2) is 10.8 Å². The van der Waals surface area contributed by atoms with Crippen molar-refractivity contribution in [3.05, 3.63) is 23.8 Å². The van der Waals surface area contributed by atoms with E-state index < -0.39 is 5.72 Å². The molecule has 0 aromatic heterocycles. The fourth-order valence-corrected chi connectivity index (χ4v) is 3.86. The molecule has 1 saturated heterocycles. The van der Waals surface area contributed by atoms with Crippen molar-refractivity contribution < 1.29 is 9.47 Å². The molecule has 2 bridgehead atoms. The third-order valence-electron chi connectivity index (χ3n) is 4.57. The lowest BCUT2D eigenvalue weighted by atomic mass is 9.89. The van der Waals surface area contributed by atoms with Gasteiger partial charge in [0.25, 0.3) is 0 Å². The highest BCUT2D eigenvalue weighted by atomic mass is 32.1. The van der Waals surface area contributed by atoms with Crippen molar-refractivity contribution in [2.45, 2.75) is 51.4 Å². The quantitative estimate of drug-likeness (QED) is 0.867. The van der Waals surface area contributed by atoms with Crippen LogP contribution in [0.5, 0.6) is 11.5 Å². The molecule has 3 rings (SSSR count). The molecule has 2 aliphatic rings. The lowest BCUT2D eigenvalue weighted by molar-refractivity contribution is -0.0841. The molecule has 0 spiro atoms. The van der Waals surface area contributed by atoms with Crippen molar-refractivity contribution in [2.75, 3.05) is 7.11 Å². The van der Waals surface area contributed by atoms with Crippen LogP contribution in [0, 0.1) is 0 Å². The first-order chi connectivity index (χ1) is 9.98. The maximum Gasteiger partial charge on any atom is 0.184 e. The molecule has 1 aromatic rings. The molecule has 114 valence electrons. The second-order valence-electron chi connectivity index (χ2n) is 6.01. The maximum atomic E-state index is 6.36. The molecule has 0 amide bonds. The third kappa shape index (κ3) is 2.24. The SMILES string of the molecule is CCC(C)N1C(=S)NC2CC1(C)Oc1cc(OC)ccc12. The minimum Gasteiger partial charge on any atom is -0.497 e. The van der Waals surface area contributed by atoms with E-state index in [1.54, 1.807) is 7.11 Å². The van der Waals surface area contributed by atoms with Gasteiger partial charge in [-0.1, -0.05) is 6.92 Å². The standard InChI is InChI=1S/C16H22N2O2S/c1-5-10(2)18-15(21)17-13-9-16(18,3)20-14-8-11(19-4)6-7-12(13)14/h6-8,10,13H,5,9H2,1-4H3,(H,17,21). The van der Waals surface area contributed by atoms with Gasteiger partial charge in [-0.25, -0.2) is 0 Å². The summed E-state index contributed by atoms with van der Waals surface area (Å²) in [6, 6.07) is 6.54. The highest BCUT2D eigenvalue weighted by molar-refractivity contribution is 7.80. The molecule has 0 saturated carbocycles. The van der Waals surface area contributed by atoms with E-state index in [9.17, 15) is 0 Å². The number of hydrogen-bond donors (Lipinski definition) is 1. The van der Waals surface area contributed by atoms with E-state index in [4.69, 9.17) is 21.7 Å².